The first-order valence-electron chi connectivity index (χ1n) is 7.48. The third-order valence-corrected chi connectivity index (χ3v) is 4.60. The summed E-state index contributed by atoms with van der Waals surface area (Å²) in [5, 5.41) is 3.41. The highest BCUT2D eigenvalue weighted by Gasteiger charge is 2.39. The summed E-state index contributed by atoms with van der Waals surface area (Å²) < 4.78 is 32.4. The summed E-state index contributed by atoms with van der Waals surface area (Å²) in [5.74, 6) is -0.998. The molecule has 1 aliphatic carbocycles. The van der Waals surface area contributed by atoms with Crippen molar-refractivity contribution in [3.05, 3.63) is 35.4 Å². The van der Waals surface area contributed by atoms with Crippen molar-refractivity contribution in [1.29, 1.82) is 0 Å². The number of hydrogen-bond acceptors (Lipinski definition) is 2. The van der Waals surface area contributed by atoms with E-state index in [0.29, 0.717) is 18.2 Å². The van der Waals surface area contributed by atoms with E-state index < -0.39 is 11.6 Å². The zero-order chi connectivity index (χ0) is 14.0. The predicted octanol–water partition coefficient (Wildman–Crippen LogP) is 3.55. The Labute approximate surface area is 118 Å². The lowest BCUT2D eigenvalue weighted by molar-refractivity contribution is -0.0838. The molecule has 1 saturated heterocycles. The van der Waals surface area contributed by atoms with E-state index in [1.807, 2.05) is 0 Å². The molecule has 1 atom stereocenters. The Morgan fingerprint density at radius 1 is 1.25 bits per heavy atom. The topological polar surface area (TPSA) is 21.3 Å². The normalized spacial score (nSPS) is 25.2. The van der Waals surface area contributed by atoms with Crippen molar-refractivity contribution in [1.82, 2.24) is 5.32 Å². The molecular weight excluding hydrogens is 260 g/mol. The fraction of sp³-hybridized carbons (Fsp3) is 0.625. The van der Waals surface area contributed by atoms with Gasteiger partial charge in [0.05, 0.1) is 5.60 Å². The van der Waals surface area contributed by atoms with Gasteiger partial charge in [-0.2, -0.15) is 0 Å². The smallest absolute Gasteiger partial charge is 0.130 e. The van der Waals surface area contributed by atoms with Gasteiger partial charge in [-0.3, -0.25) is 0 Å². The minimum absolute atomic E-state index is 0.0667. The number of ether oxygens (including phenoxy) is 1. The minimum atomic E-state index is -0.526. The molecule has 4 heteroatoms. The molecular formula is C16H21F2NO. The largest absolute Gasteiger partial charge is 0.375 e. The van der Waals surface area contributed by atoms with Crippen molar-refractivity contribution in [2.45, 2.75) is 56.7 Å². The molecule has 2 fully saturated rings. The highest BCUT2D eigenvalue weighted by molar-refractivity contribution is 5.18. The zero-order valence-electron chi connectivity index (χ0n) is 11.6. The molecule has 2 nitrogen and oxygen atoms in total. The molecule has 1 aromatic carbocycles. The standard InChI is InChI=1S/C16H21F2NO/c17-13-4-3-12(15(18)9-13)11-19-14-5-8-20-16(10-14)6-1-2-7-16/h3-4,9,14,19H,1-2,5-8,10-11H2. The van der Waals surface area contributed by atoms with Crippen LogP contribution in [0.25, 0.3) is 0 Å². The lowest BCUT2D eigenvalue weighted by atomic mass is 9.89. The second-order valence-electron chi connectivity index (χ2n) is 6.04. The molecule has 1 aromatic rings. The second-order valence-corrected chi connectivity index (χ2v) is 6.04. The average Bonchev–Trinajstić information content (AvgIpc) is 2.86. The second kappa shape index (κ2) is 5.78. The van der Waals surface area contributed by atoms with Gasteiger partial charge in [0.1, 0.15) is 11.6 Å². The molecule has 0 amide bonds. The van der Waals surface area contributed by atoms with Crippen LogP contribution in [0.4, 0.5) is 8.78 Å². The van der Waals surface area contributed by atoms with Crippen LogP contribution in [0.3, 0.4) is 0 Å². The van der Waals surface area contributed by atoms with Gasteiger partial charge in [-0.1, -0.05) is 18.9 Å². The lowest BCUT2D eigenvalue weighted by Gasteiger charge is -2.38. The van der Waals surface area contributed by atoms with E-state index >= 15 is 0 Å². The van der Waals surface area contributed by atoms with Gasteiger partial charge >= 0.3 is 0 Å². The van der Waals surface area contributed by atoms with E-state index in [-0.39, 0.29) is 5.60 Å². The Balaban J connectivity index is 1.58. The highest BCUT2D eigenvalue weighted by atomic mass is 19.1. The van der Waals surface area contributed by atoms with Gasteiger partial charge in [0.2, 0.25) is 0 Å². The van der Waals surface area contributed by atoms with E-state index in [2.05, 4.69) is 5.32 Å². The van der Waals surface area contributed by atoms with E-state index in [1.54, 1.807) is 0 Å². The number of benzene rings is 1. The molecule has 3 rings (SSSR count). The molecule has 20 heavy (non-hydrogen) atoms. The van der Waals surface area contributed by atoms with Gasteiger partial charge in [0, 0.05) is 30.8 Å². The summed E-state index contributed by atoms with van der Waals surface area (Å²) >= 11 is 0. The van der Waals surface area contributed by atoms with Crippen molar-refractivity contribution >= 4 is 0 Å². The van der Waals surface area contributed by atoms with Gasteiger partial charge < -0.3 is 10.1 Å². The highest BCUT2D eigenvalue weighted by Crippen LogP contribution is 2.40. The Kier molecular flexibility index (Phi) is 4.03. The molecule has 0 aromatic heterocycles. The summed E-state index contributed by atoms with van der Waals surface area (Å²) in [6.07, 6.45) is 6.77. The molecule has 1 spiro atoms. The molecule has 1 unspecified atom stereocenters. The van der Waals surface area contributed by atoms with E-state index in [9.17, 15) is 8.78 Å². The van der Waals surface area contributed by atoms with E-state index in [4.69, 9.17) is 4.74 Å². The van der Waals surface area contributed by atoms with Crippen LogP contribution in [0.1, 0.15) is 44.1 Å². The van der Waals surface area contributed by atoms with Crippen LogP contribution in [-0.2, 0) is 11.3 Å². The van der Waals surface area contributed by atoms with E-state index in [1.165, 1.54) is 25.0 Å². The summed E-state index contributed by atoms with van der Waals surface area (Å²) in [6.45, 7) is 1.23. The average molecular weight is 281 g/mol. The van der Waals surface area contributed by atoms with Gasteiger partial charge in [-0.15, -0.1) is 0 Å². The number of halogens is 2. The molecule has 1 heterocycles. The molecule has 0 radical (unpaired) electrons. The predicted molar refractivity (Wildman–Crippen MR) is 73.4 cm³/mol. The third kappa shape index (κ3) is 3.01. The van der Waals surface area contributed by atoms with Crippen molar-refractivity contribution < 1.29 is 13.5 Å². The first-order valence-corrected chi connectivity index (χ1v) is 7.48. The monoisotopic (exact) mass is 281 g/mol. The maximum absolute atomic E-state index is 13.6. The summed E-state index contributed by atoms with van der Waals surface area (Å²) in [7, 11) is 0. The SMILES string of the molecule is Fc1ccc(CNC2CCOC3(CCCC3)C2)c(F)c1. The van der Waals surface area contributed by atoms with Crippen LogP contribution >= 0.6 is 0 Å². The minimum Gasteiger partial charge on any atom is -0.375 e. The molecule has 0 bridgehead atoms. The van der Waals surface area contributed by atoms with Crippen molar-refractivity contribution in [3.63, 3.8) is 0 Å². The molecule has 1 saturated carbocycles. The Hall–Kier alpha value is -1.00. The summed E-state index contributed by atoms with van der Waals surface area (Å²) in [6, 6.07) is 4.14. The van der Waals surface area contributed by atoms with Crippen LogP contribution < -0.4 is 5.32 Å². The Bertz CT molecular complexity index is 472. The molecule has 110 valence electrons. The molecule has 1 N–H and O–H groups in total. The van der Waals surface area contributed by atoms with Gasteiger partial charge in [0.15, 0.2) is 0 Å². The Morgan fingerprint density at radius 2 is 2.05 bits per heavy atom. The van der Waals surface area contributed by atoms with Crippen LogP contribution in [0.2, 0.25) is 0 Å². The zero-order valence-corrected chi connectivity index (χ0v) is 11.6. The third-order valence-electron chi connectivity index (χ3n) is 4.60. The first-order chi connectivity index (χ1) is 9.67. The van der Waals surface area contributed by atoms with Crippen molar-refractivity contribution in [3.8, 4) is 0 Å². The van der Waals surface area contributed by atoms with Gasteiger partial charge in [-0.05, 0) is 31.7 Å². The van der Waals surface area contributed by atoms with Gasteiger partial charge in [-0.25, -0.2) is 8.78 Å². The van der Waals surface area contributed by atoms with Crippen molar-refractivity contribution in [2.24, 2.45) is 0 Å². The number of nitrogens with one attached hydrogen (secondary N) is 1. The van der Waals surface area contributed by atoms with Crippen LogP contribution in [0.15, 0.2) is 18.2 Å². The molecule has 1 aliphatic heterocycles. The first kappa shape index (κ1) is 14.0. The summed E-state index contributed by atoms with van der Waals surface area (Å²) in [4.78, 5) is 0. The van der Waals surface area contributed by atoms with Crippen LogP contribution in [0.5, 0.6) is 0 Å². The summed E-state index contributed by atoms with van der Waals surface area (Å²) in [5.41, 5.74) is 0.593. The maximum Gasteiger partial charge on any atom is 0.130 e. The fourth-order valence-electron chi connectivity index (χ4n) is 3.49. The van der Waals surface area contributed by atoms with Crippen LogP contribution in [-0.4, -0.2) is 18.2 Å². The van der Waals surface area contributed by atoms with Crippen LogP contribution in [0, 0.1) is 11.6 Å². The fourth-order valence-corrected chi connectivity index (χ4v) is 3.49. The lowest BCUT2D eigenvalue weighted by Crippen LogP contribution is -2.45. The molecule has 2 aliphatic rings. The van der Waals surface area contributed by atoms with Crippen molar-refractivity contribution in [2.75, 3.05) is 6.61 Å². The van der Waals surface area contributed by atoms with E-state index in [0.717, 1.165) is 38.4 Å². The quantitative estimate of drug-likeness (QED) is 0.915. The number of hydrogen-bond donors (Lipinski definition) is 1. The Morgan fingerprint density at radius 3 is 2.80 bits per heavy atom. The maximum atomic E-state index is 13.6. The number of rotatable bonds is 3. The van der Waals surface area contributed by atoms with Gasteiger partial charge in [0.25, 0.3) is 0 Å².